The summed E-state index contributed by atoms with van der Waals surface area (Å²) in [5.74, 6) is 0.0945. The molecule has 2 aromatic rings. The fourth-order valence-corrected chi connectivity index (χ4v) is 3.82. The highest BCUT2D eigenvalue weighted by Gasteiger charge is 2.32. The molecule has 2 heterocycles. The summed E-state index contributed by atoms with van der Waals surface area (Å²) in [7, 11) is 0. The average Bonchev–Trinajstić information content (AvgIpc) is 2.99. The molecule has 0 aliphatic carbocycles. The first-order chi connectivity index (χ1) is 13.5. The number of hydrogen-bond acceptors (Lipinski definition) is 3. The van der Waals surface area contributed by atoms with E-state index < -0.39 is 0 Å². The number of aryl methyl sites for hydroxylation is 1. The van der Waals surface area contributed by atoms with Gasteiger partial charge in [-0.2, -0.15) is 5.10 Å². The largest absolute Gasteiger partial charge is 0.336 e. The molecule has 2 amide bonds. The van der Waals surface area contributed by atoms with E-state index in [0.29, 0.717) is 31.6 Å². The van der Waals surface area contributed by atoms with Crippen LogP contribution in [0.4, 0.5) is 0 Å². The predicted octanol–water partition coefficient (Wildman–Crippen LogP) is 3.25. The van der Waals surface area contributed by atoms with Crippen molar-refractivity contribution in [3.63, 3.8) is 0 Å². The van der Waals surface area contributed by atoms with E-state index in [-0.39, 0.29) is 17.9 Å². The maximum absolute atomic E-state index is 13.2. The molecule has 1 aliphatic heterocycles. The Hall–Kier alpha value is -2.63. The first kappa shape index (κ1) is 20.1. The van der Waals surface area contributed by atoms with Crippen molar-refractivity contribution in [3.8, 4) is 0 Å². The van der Waals surface area contributed by atoms with Crippen LogP contribution in [0.3, 0.4) is 0 Å². The van der Waals surface area contributed by atoms with Crippen molar-refractivity contribution in [1.29, 1.82) is 0 Å². The standard InChI is InChI=1S/C22H30N4O2/c1-4-12-26-17(3)20(14-23-26)22(28)24-13-11-21(27)25(19(5-2)16-24)15-18-9-7-6-8-10-18/h6-10,14,19H,4-5,11-13,15-16H2,1-3H3/t19-/m1/s1. The Kier molecular flexibility index (Phi) is 6.49. The third-order valence-corrected chi connectivity index (χ3v) is 5.51. The monoisotopic (exact) mass is 382 g/mol. The zero-order chi connectivity index (χ0) is 20.1. The van der Waals surface area contributed by atoms with Gasteiger partial charge >= 0.3 is 0 Å². The molecule has 0 unspecified atom stereocenters. The Labute approximate surface area is 167 Å². The molecule has 3 rings (SSSR count). The maximum atomic E-state index is 13.2. The molecule has 1 atom stereocenters. The second-order valence-corrected chi connectivity index (χ2v) is 7.44. The minimum atomic E-state index is -0.0207. The number of amides is 2. The molecule has 6 nitrogen and oxygen atoms in total. The van der Waals surface area contributed by atoms with Gasteiger partial charge in [0.1, 0.15) is 0 Å². The molecule has 0 N–H and O–H groups in total. The molecule has 0 spiro atoms. The van der Waals surface area contributed by atoms with E-state index >= 15 is 0 Å². The number of hydrogen-bond donors (Lipinski definition) is 0. The number of benzene rings is 1. The van der Waals surface area contributed by atoms with Crippen molar-refractivity contribution in [2.75, 3.05) is 13.1 Å². The SMILES string of the molecule is CCCn1ncc(C(=O)N2CCC(=O)N(Cc3ccccc3)[C@H](CC)C2)c1C. The molecule has 0 saturated carbocycles. The van der Waals surface area contributed by atoms with Crippen LogP contribution in [0.2, 0.25) is 0 Å². The number of carbonyl (C=O) groups is 2. The van der Waals surface area contributed by atoms with Crippen LogP contribution in [-0.4, -0.2) is 50.5 Å². The van der Waals surface area contributed by atoms with Crippen LogP contribution in [0.5, 0.6) is 0 Å². The number of rotatable bonds is 6. The highest BCUT2D eigenvalue weighted by molar-refractivity contribution is 5.95. The zero-order valence-electron chi connectivity index (χ0n) is 17.1. The normalized spacial score (nSPS) is 17.7. The lowest BCUT2D eigenvalue weighted by Crippen LogP contribution is -2.43. The lowest BCUT2D eigenvalue weighted by molar-refractivity contribution is -0.133. The highest BCUT2D eigenvalue weighted by Crippen LogP contribution is 2.20. The van der Waals surface area contributed by atoms with Crippen molar-refractivity contribution >= 4 is 11.8 Å². The van der Waals surface area contributed by atoms with E-state index in [2.05, 4.69) is 18.9 Å². The summed E-state index contributed by atoms with van der Waals surface area (Å²) in [5.41, 5.74) is 2.66. The third kappa shape index (κ3) is 4.26. The Morgan fingerprint density at radius 3 is 2.64 bits per heavy atom. The van der Waals surface area contributed by atoms with Gasteiger partial charge in [-0.3, -0.25) is 14.3 Å². The first-order valence-electron chi connectivity index (χ1n) is 10.2. The minimum Gasteiger partial charge on any atom is -0.336 e. The smallest absolute Gasteiger partial charge is 0.257 e. The number of carbonyl (C=O) groups excluding carboxylic acids is 2. The Bertz CT molecular complexity index is 815. The van der Waals surface area contributed by atoms with Gasteiger partial charge < -0.3 is 9.80 Å². The van der Waals surface area contributed by atoms with Gasteiger partial charge in [0.2, 0.25) is 5.91 Å². The average molecular weight is 383 g/mol. The van der Waals surface area contributed by atoms with Gasteiger partial charge in [0.25, 0.3) is 5.91 Å². The van der Waals surface area contributed by atoms with Gasteiger partial charge in [-0.25, -0.2) is 0 Å². The van der Waals surface area contributed by atoms with Crippen LogP contribution < -0.4 is 0 Å². The summed E-state index contributed by atoms with van der Waals surface area (Å²) in [6.07, 6.45) is 3.82. The van der Waals surface area contributed by atoms with Crippen molar-refractivity contribution in [2.24, 2.45) is 0 Å². The highest BCUT2D eigenvalue weighted by atomic mass is 16.2. The molecule has 28 heavy (non-hydrogen) atoms. The summed E-state index contributed by atoms with van der Waals surface area (Å²) < 4.78 is 1.88. The van der Waals surface area contributed by atoms with Crippen molar-refractivity contribution in [1.82, 2.24) is 19.6 Å². The van der Waals surface area contributed by atoms with Crippen molar-refractivity contribution in [2.45, 2.75) is 59.2 Å². The van der Waals surface area contributed by atoms with Crippen molar-refractivity contribution < 1.29 is 9.59 Å². The molecular formula is C22H30N4O2. The number of aromatic nitrogens is 2. The summed E-state index contributed by atoms with van der Waals surface area (Å²) >= 11 is 0. The third-order valence-electron chi connectivity index (χ3n) is 5.51. The van der Waals surface area contributed by atoms with Gasteiger partial charge in [-0.05, 0) is 25.3 Å². The molecule has 1 fully saturated rings. The lowest BCUT2D eigenvalue weighted by atomic mass is 10.1. The maximum Gasteiger partial charge on any atom is 0.257 e. The zero-order valence-corrected chi connectivity index (χ0v) is 17.1. The predicted molar refractivity (Wildman–Crippen MR) is 109 cm³/mol. The molecule has 1 saturated heterocycles. The van der Waals surface area contributed by atoms with E-state index in [9.17, 15) is 9.59 Å². The van der Waals surface area contributed by atoms with Crippen LogP contribution in [0, 0.1) is 6.92 Å². The van der Waals surface area contributed by atoms with Gasteiger partial charge in [0.15, 0.2) is 0 Å². The van der Waals surface area contributed by atoms with Crippen LogP contribution >= 0.6 is 0 Å². The quantitative estimate of drug-likeness (QED) is 0.771. The molecule has 1 aromatic carbocycles. The summed E-state index contributed by atoms with van der Waals surface area (Å²) in [4.78, 5) is 29.8. The Morgan fingerprint density at radius 2 is 1.96 bits per heavy atom. The van der Waals surface area contributed by atoms with E-state index in [4.69, 9.17) is 0 Å². The second kappa shape index (κ2) is 9.04. The van der Waals surface area contributed by atoms with Crippen LogP contribution in [0.25, 0.3) is 0 Å². The topological polar surface area (TPSA) is 58.4 Å². The van der Waals surface area contributed by atoms with Crippen molar-refractivity contribution in [3.05, 3.63) is 53.3 Å². The minimum absolute atomic E-state index is 0.0187. The summed E-state index contributed by atoms with van der Waals surface area (Å²) in [6.45, 7) is 8.53. The fourth-order valence-electron chi connectivity index (χ4n) is 3.82. The van der Waals surface area contributed by atoms with Gasteiger partial charge in [0, 0.05) is 44.3 Å². The van der Waals surface area contributed by atoms with E-state index in [1.54, 1.807) is 6.20 Å². The number of nitrogens with zero attached hydrogens (tertiary/aromatic N) is 4. The molecule has 0 radical (unpaired) electrons. The Morgan fingerprint density at radius 1 is 1.21 bits per heavy atom. The molecule has 0 bridgehead atoms. The Balaban J connectivity index is 1.78. The van der Waals surface area contributed by atoms with Gasteiger partial charge in [-0.1, -0.05) is 44.2 Å². The molecule has 1 aliphatic rings. The molecule has 150 valence electrons. The second-order valence-electron chi connectivity index (χ2n) is 7.44. The summed E-state index contributed by atoms with van der Waals surface area (Å²) in [6, 6.07) is 10.1. The van der Waals surface area contributed by atoms with E-state index in [1.807, 2.05) is 51.7 Å². The lowest BCUT2D eigenvalue weighted by Gasteiger charge is -2.31. The molecule has 1 aromatic heterocycles. The van der Waals surface area contributed by atoms with Crippen LogP contribution in [0.1, 0.15) is 54.7 Å². The fraction of sp³-hybridized carbons (Fsp3) is 0.500. The van der Waals surface area contributed by atoms with E-state index in [0.717, 1.165) is 30.6 Å². The van der Waals surface area contributed by atoms with Crippen LogP contribution in [0.15, 0.2) is 36.5 Å². The summed E-state index contributed by atoms with van der Waals surface area (Å²) in [5, 5.41) is 4.36. The first-order valence-corrected chi connectivity index (χ1v) is 10.2. The molecule has 6 heteroatoms. The van der Waals surface area contributed by atoms with Gasteiger partial charge in [0.05, 0.1) is 11.8 Å². The van der Waals surface area contributed by atoms with Gasteiger partial charge in [-0.15, -0.1) is 0 Å². The van der Waals surface area contributed by atoms with E-state index in [1.165, 1.54) is 0 Å². The molecular weight excluding hydrogens is 352 g/mol. The van der Waals surface area contributed by atoms with Crippen LogP contribution in [-0.2, 0) is 17.9 Å².